The number of likely N-dealkylation sites (N-methyl/N-ethyl adjacent to an activating group) is 1. The van der Waals surface area contributed by atoms with Crippen molar-refractivity contribution in [2.45, 2.75) is 65.3 Å². The van der Waals surface area contributed by atoms with E-state index in [-0.39, 0.29) is 0 Å². The molecule has 0 radical (unpaired) electrons. The minimum Gasteiger partial charge on any atom is -0.494 e. The highest BCUT2D eigenvalue weighted by molar-refractivity contribution is 6.42. The normalized spacial score (nSPS) is 11.2. The SMILES string of the molecule is CCCCCCCCOc1ccc(CN(CC)CCc2ccc(Cl)c(Cl)c2)cc1. The first-order valence-corrected chi connectivity index (χ1v) is 11.8. The Morgan fingerprint density at radius 3 is 2.17 bits per heavy atom. The molecule has 0 saturated heterocycles. The number of benzene rings is 2. The zero-order valence-corrected chi connectivity index (χ0v) is 19.4. The molecule has 2 aromatic rings. The summed E-state index contributed by atoms with van der Waals surface area (Å²) in [5.74, 6) is 0.973. The van der Waals surface area contributed by atoms with Crippen LogP contribution in [0.25, 0.3) is 0 Å². The summed E-state index contributed by atoms with van der Waals surface area (Å²) in [6, 6.07) is 14.4. The Labute approximate surface area is 187 Å². The van der Waals surface area contributed by atoms with E-state index in [9.17, 15) is 0 Å². The molecule has 0 heterocycles. The Kier molecular flexibility index (Phi) is 11.5. The summed E-state index contributed by atoms with van der Waals surface area (Å²) in [6.45, 7) is 8.21. The van der Waals surface area contributed by atoms with Gasteiger partial charge in [0.15, 0.2) is 0 Å². The minimum absolute atomic E-state index is 0.613. The molecule has 0 aliphatic carbocycles. The predicted octanol–water partition coefficient (Wildman–Crippen LogP) is 7.80. The second kappa shape index (κ2) is 13.9. The van der Waals surface area contributed by atoms with E-state index in [1.165, 1.54) is 43.2 Å². The molecule has 160 valence electrons. The standard InChI is InChI=1S/C25H35Cl2NO/c1-3-5-6-7-8-9-18-29-23-13-10-22(11-14-23)20-28(4-2)17-16-21-12-15-24(26)25(27)19-21/h10-15,19H,3-9,16-18,20H2,1-2H3. The Balaban J connectivity index is 1.71. The minimum atomic E-state index is 0.613. The summed E-state index contributed by atoms with van der Waals surface area (Å²) in [6.07, 6.45) is 8.70. The van der Waals surface area contributed by atoms with Gasteiger partial charge in [-0.25, -0.2) is 0 Å². The smallest absolute Gasteiger partial charge is 0.119 e. The van der Waals surface area contributed by atoms with Crippen molar-refractivity contribution in [3.63, 3.8) is 0 Å². The van der Waals surface area contributed by atoms with Crippen LogP contribution < -0.4 is 4.74 Å². The molecule has 2 nitrogen and oxygen atoms in total. The summed E-state index contributed by atoms with van der Waals surface area (Å²) in [4.78, 5) is 2.44. The molecule has 0 fully saturated rings. The molecule has 0 saturated carbocycles. The molecule has 0 aliphatic rings. The molecular formula is C25H35Cl2NO. The van der Waals surface area contributed by atoms with Crippen LogP contribution in [0.5, 0.6) is 5.75 Å². The lowest BCUT2D eigenvalue weighted by Crippen LogP contribution is -2.25. The topological polar surface area (TPSA) is 12.5 Å². The number of ether oxygens (including phenoxy) is 1. The van der Waals surface area contributed by atoms with Crippen LogP contribution in [0.3, 0.4) is 0 Å². The fourth-order valence-electron chi connectivity index (χ4n) is 3.35. The van der Waals surface area contributed by atoms with Crippen LogP contribution in [0.4, 0.5) is 0 Å². The van der Waals surface area contributed by atoms with Crippen LogP contribution in [-0.2, 0) is 13.0 Å². The molecule has 2 aromatic carbocycles. The first kappa shape index (κ1) is 24.1. The average molecular weight is 436 g/mol. The van der Waals surface area contributed by atoms with Gasteiger partial charge >= 0.3 is 0 Å². The fraction of sp³-hybridized carbons (Fsp3) is 0.520. The second-order valence-electron chi connectivity index (χ2n) is 7.63. The van der Waals surface area contributed by atoms with Gasteiger partial charge in [-0.15, -0.1) is 0 Å². The predicted molar refractivity (Wildman–Crippen MR) is 126 cm³/mol. The molecule has 4 heteroatoms. The third-order valence-corrected chi connectivity index (χ3v) is 5.98. The second-order valence-corrected chi connectivity index (χ2v) is 8.44. The van der Waals surface area contributed by atoms with Crippen molar-refractivity contribution < 1.29 is 4.74 Å². The van der Waals surface area contributed by atoms with Crippen molar-refractivity contribution in [2.24, 2.45) is 0 Å². The monoisotopic (exact) mass is 435 g/mol. The first-order chi connectivity index (χ1) is 14.1. The Morgan fingerprint density at radius 1 is 0.793 bits per heavy atom. The number of hydrogen-bond donors (Lipinski definition) is 0. The van der Waals surface area contributed by atoms with Crippen molar-refractivity contribution >= 4 is 23.2 Å². The molecule has 0 spiro atoms. The molecule has 29 heavy (non-hydrogen) atoms. The number of rotatable bonds is 14. The van der Waals surface area contributed by atoms with E-state index < -0.39 is 0 Å². The van der Waals surface area contributed by atoms with Crippen LogP contribution in [0.2, 0.25) is 10.0 Å². The van der Waals surface area contributed by atoms with Gasteiger partial charge in [0.25, 0.3) is 0 Å². The highest BCUT2D eigenvalue weighted by Gasteiger charge is 2.06. The summed E-state index contributed by atoms with van der Waals surface area (Å²) >= 11 is 12.1. The maximum absolute atomic E-state index is 6.12. The molecule has 2 rings (SSSR count). The van der Waals surface area contributed by atoms with E-state index in [0.29, 0.717) is 10.0 Å². The van der Waals surface area contributed by atoms with Gasteiger partial charge in [-0.1, -0.05) is 87.4 Å². The van der Waals surface area contributed by atoms with Gasteiger partial charge < -0.3 is 4.74 Å². The maximum Gasteiger partial charge on any atom is 0.119 e. The van der Waals surface area contributed by atoms with Crippen LogP contribution in [0.1, 0.15) is 63.5 Å². The van der Waals surface area contributed by atoms with Crippen LogP contribution >= 0.6 is 23.2 Å². The zero-order chi connectivity index (χ0) is 20.9. The molecule has 0 aromatic heterocycles. The number of hydrogen-bond acceptors (Lipinski definition) is 2. The number of halogens is 2. The molecular weight excluding hydrogens is 401 g/mol. The fourth-order valence-corrected chi connectivity index (χ4v) is 3.67. The van der Waals surface area contributed by atoms with E-state index in [2.05, 4.69) is 49.1 Å². The quantitative estimate of drug-likeness (QED) is 0.280. The maximum atomic E-state index is 6.12. The van der Waals surface area contributed by atoms with Gasteiger partial charge in [0.1, 0.15) is 5.75 Å². The lowest BCUT2D eigenvalue weighted by molar-refractivity contribution is 0.283. The molecule has 0 amide bonds. The molecule has 0 bridgehead atoms. The van der Waals surface area contributed by atoms with E-state index >= 15 is 0 Å². The summed E-state index contributed by atoms with van der Waals surface area (Å²) in [7, 11) is 0. The van der Waals surface area contributed by atoms with E-state index in [4.69, 9.17) is 27.9 Å². The Bertz CT molecular complexity index is 702. The van der Waals surface area contributed by atoms with Gasteiger partial charge in [-0.2, -0.15) is 0 Å². The highest BCUT2D eigenvalue weighted by Crippen LogP contribution is 2.23. The number of nitrogens with zero attached hydrogens (tertiary/aromatic N) is 1. The van der Waals surface area contributed by atoms with Gasteiger partial charge in [-0.3, -0.25) is 4.90 Å². The highest BCUT2D eigenvalue weighted by atomic mass is 35.5. The first-order valence-electron chi connectivity index (χ1n) is 11.0. The van der Waals surface area contributed by atoms with Crippen LogP contribution in [0.15, 0.2) is 42.5 Å². The van der Waals surface area contributed by atoms with Crippen molar-refractivity contribution in [3.05, 3.63) is 63.6 Å². The molecule has 0 aliphatic heterocycles. The van der Waals surface area contributed by atoms with Crippen LogP contribution in [-0.4, -0.2) is 24.6 Å². The summed E-state index contributed by atoms with van der Waals surface area (Å²) in [5.41, 5.74) is 2.53. The Morgan fingerprint density at radius 2 is 1.48 bits per heavy atom. The van der Waals surface area contributed by atoms with E-state index in [1.54, 1.807) is 0 Å². The summed E-state index contributed by atoms with van der Waals surface area (Å²) < 4.78 is 5.89. The zero-order valence-electron chi connectivity index (χ0n) is 17.9. The largest absolute Gasteiger partial charge is 0.494 e. The van der Waals surface area contributed by atoms with Crippen molar-refractivity contribution in [1.29, 1.82) is 0 Å². The molecule has 0 unspecified atom stereocenters. The van der Waals surface area contributed by atoms with Gasteiger partial charge in [0.2, 0.25) is 0 Å². The third-order valence-electron chi connectivity index (χ3n) is 5.24. The van der Waals surface area contributed by atoms with E-state index in [1.807, 2.05) is 12.1 Å². The lowest BCUT2D eigenvalue weighted by atomic mass is 10.1. The van der Waals surface area contributed by atoms with Crippen molar-refractivity contribution in [3.8, 4) is 5.75 Å². The lowest BCUT2D eigenvalue weighted by Gasteiger charge is -2.21. The van der Waals surface area contributed by atoms with Gasteiger partial charge in [-0.05, 0) is 54.8 Å². The number of unbranched alkanes of at least 4 members (excludes halogenated alkanes) is 5. The molecule has 0 N–H and O–H groups in total. The van der Waals surface area contributed by atoms with Gasteiger partial charge in [0.05, 0.1) is 16.7 Å². The Hall–Kier alpha value is -1.22. The van der Waals surface area contributed by atoms with Crippen molar-refractivity contribution in [2.75, 3.05) is 19.7 Å². The average Bonchev–Trinajstić information content (AvgIpc) is 2.74. The van der Waals surface area contributed by atoms with Gasteiger partial charge in [0, 0.05) is 13.1 Å². The van der Waals surface area contributed by atoms with Crippen molar-refractivity contribution in [1.82, 2.24) is 4.90 Å². The van der Waals surface area contributed by atoms with Crippen LogP contribution in [0, 0.1) is 0 Å². The molecule has 0 atom stereocenters. The van der Waals surface area contributed by atoms with E-state index in [0.717, 1.165) is 44.8 Å². The third kappa shape index (κ3) is 9.42. The summed E-state index contributed by atoms with van der Waals surface area (Å²) in [5, 5.41) is 1.24.